The molecule has 0 saturated carbocycles. The fraction of sp³-hybridized carbons (Fsp3) is 0.143. The summed E-state index contributed by atoms with van der Waals surface area (Å²) in [4.78, 5) is 13.6. The second-order valence-electron chi connectivity index (χ2n) is 10.3. The number of hydrogen-bond donors (Lipinski definition) is 2. The number of carboxylic acids is 1. The van der Waals surface area contributed by atoms with Gasteiger partial charge in [0, 0.05) is 44.9 Å². The third-order valence-electron chi connectivity index (χ3n) is 7.53. The van der Waals surface area contributed by atoms with E-state index in [1.165, 1.54) is 5.56 Å². The molecular formula is C35H29N3O3S. The average molecular weight is 572 g/mol. The van der Waals surface area contributed by atoms with Crippen LogP contribution in [0.2, 0.25) is 0 Å². The minimum atomic E-state index is -1.01. The van der Waals surface area contributed by atoms with Gasteiger partial charge in [-0.15, -0.1) is 11.3 Å². The van der Waals surface area contributed by atoms with Crippen molar-refractivity contribution >= 4 is 56.6 Å². The summed E-state index contributed by atoms with van der Waals surface area (Å²) >= 11 is 1.59. The lowest BCUT2D eigenvalue weighted by molar-refractivity contribution is 0.0685. The van der Waals surface area contributed by atoms with Crippen LogP contribution in [-0.2, 0) is 6.54 Å². The summed E-state index contributed by atoms with van der Waals surface area (Å²) in [5.74, 6) is -1.01. The van der Waals surface area contributed by atoms with Gasteiger partial charge in [0.25, 0.3) is 0 Å². The van der Waals surface area contributed by atoms with Gasteiger partial charge in [0.2, 0.25) is 0 Å². The maximum absolute atomic E-state index is 11.5. The van der Waals surface area contributed by atoms with Crippen molar-refractivity contribution in [3.63, 3.8) is 0 Å². The first-order valence-electron chi connectivity index (χ1n) is 13.8. The molecule has 0 radical (unpaired) electrons. The number of hydrogen-bond acceptors (Lipinski definition) is 5. The lowest BCUT2D eigenvalue weighted by Crippen LogP contribution is -2.09. The maximum atomic E-state index is 11.5. The second-order valence-corrected chi connectivity index (χ2v) is 11.4. The number of aryl methyl sites for hydroxylation is 1. The molecule has 0 fully saturated rings. The molecule has 0 aliphatic heterocycles. The lowest BCUT2D eigenvalue weighted by Gasteiger charge is -2.16. The SMILES string of the molecule is CCn1c(C(=O)O)ccc1/C(C#N)=C/c1ccc(-c2ccc(C(C)Nc3ccc4c(c3)oc3ccc(C)cc34)cc2)s1. The lowest BCUT2D eigenvalue weighted by atomic mass is 10.0. The molecule has 3 heterocycles. The number of nitriles is 1. The number of thiophene rings is 1. The van der Waals surface area contributed by atoms with Gasteiger partial charge in [0.05, 0.1) is 11.3 Å². The number of carbonyl (C=O) groups is 1. The van der Waals surface area contributed by atoms with Crippen molar-refractivity contribution in [1.29, 1.82) is 5.26 Å². The summed E-state index contributed by atoms with van der Waals surface area (Å²) in [6.45, 7) is 6.56. The molecule has 0 aliphatic carbocycles. The number of carboxylic acid groups (broad SMARTS) is 1. The Kier molecular flexibility index (Phi) is 7.15. The van der Waals surface area contributed by atoms with Crippen LogP contribution in [0.3, 0.4) is 0 Å². The molecule has 3 aromatic carbocycles. The van der Waals surface area contributed by atoms with Crippen molar-refractivity contribution in [2.24, 2.45) is 0 Å². The van der Waals surface area contributed by atoms with Gasteiger partial charge in [0.15, 0.2) is 0 Å². The number of allylic oxidation sites excluding steroid dienone is 1. The molecule has 0 spiro atoms. The monoisotopic (exact) mass is 571 g/mol. The van der Waals surface area contributed by atoms with Crippen LogP contribution in [0, 0.1) is 18.3 Å². The summed E-state index contributed by atoms with van der Waals surface area (Å²) in [6.07, 6.45) is 1.82. The third-order valence-corrected chi connectivity index (χ3v) is 8.61. The summed E-state index contributed by atoms with van der Waals surface area (Å²) in [7, 11) is 0. The van der Waals surface area contributed by atoms with E-state index in [1.807, 2.05) is 31.2 Å². The minimum absolute atomic E-state index is 0.0913. The van der Waals surface area contributed by atoms with Gasteiger partial charge < -0.3 is 19.4 Å². The summed E-state index contributed by atoms with van der Waals surface area (Å²) in [6, 6.07) is 30.6. The molecule has 6 aromatic rings. The molecule has 0 saturated heterocycles. The van der Waals surface area contributed by atoms with Crippen LogP contribution in [0.25, 0.3) is 44.0 Å². The van der Waals surface area contributed by atoms with E-state index in [1.54, 1.807) is 28.0 Å². The predicted octanol–water partition coefficient (Wildman–Crippen LogP) is 9.38. The Morgan fingerprint density at radius 1 is 1.00 bits per heavy atom. The average Bonchev–Trinajstić information content (AvgIpc) is 3.72. The van der Waals surface area contributed by atoms with Gasteiger partial charge in [-0.2, -0.15) is 5.26 Å². The molecule has 0 bridgehead atoms. The Labute approximate surface area is 247 Å². The Bertz CT molecular complexity index is 2020. The summed E-state index contributed by atoms with van der Waals surface area (Å²) < 4.78 is 7.74. The van der Waals surface area contributed by atoms with E-state index in [0.717, 1.165) is 48.5 Å². The van der Waals surface area contributed by atoms with Crippen LogP contribution < -0.4 is 5.32 Å². The first-order chi connectivity index (χ1) is 20.3. The van der Waals surface area contributed by atoms with Gasteiger partial charge >= 0.3 is 5.97 Å². The zero-order valence-corrected chi connectivity index (χ0v) is 24.3. The Morgan fingerprint density at radius 2 is 1.79 bits per heavy atom. The number of aromatic carboxylic acids is 1. The fourth-order valence-electron chi connectivity index (χ4n) is 5.37. The number of rotatable bonds is 8. The van der Waals surface area contributed by atoms with Crippen LogP contribution in [0.1, 0.15) is 52.1 Å². The zero-order chi connectivity index (χ0) is 29.4. The molecular weight excluding hydrogens is 542 g/mol. The minimum Gasteiger partial charge on any atom is -0.477 e. The fourth-order valence-corrected chi connectivity index (χ4v) is 6.33. The van der Waals surface area contributed by atoms with Crippen molar-refractivity contribution in [3.05, 3.63) is 112 Å². The number of furan rings is 1. The number of anilines is 1. The van der Waals surface area contributed by atoms with Crippen molar-refractivity contribution in [1.82, 2.24) is 4.57 Å². The van der Waals surface area contributed by atoms with E-state index >= 15 is 0 Å². The highest BCUT2D eigenvalue weighted by Gasteiger charge is 2.16. The van der Waals surface area contributed by atoms with E-state index in [9.17, 15) is 15.2 Å². The predicted molar refractivity (Wildman–Crippen MR) is 171 cm³/mol. The van der Waals surface area contributed by atoms with Crippen LogP contribution in [0.4, 0.5) is 5.69 Å². The Morgan fingerprint density at radius 3 is 2.52 bits per heavy atom. The van der Waals surface area contributed by atoms with Crippen molar-refractivity contribution < 1.29 is 14.3 Å². The van der Waals surface area contributed by atoms with E-state index in [2.05, 4.69) is 79.8 Å². The van der Waals surface area contributed by atoms with Crippen LogP contribution in [-0.4, -0.2) is 15.6 Å². The van der Waals surface area contributed by atoms with E-state index in [4.69, 9.17) is 4.42 Å². The molecule has 2 N–H and O–H groups in total. The van der Waals surface area contributed by atoms with Crippen LogP contribution in [0.15, 0.2) is 89.3 Å². The molecule has 7 heteroatoms. The molecule has 0 aliphatic rings. The Hall–Kier alpha value is -5.06. The number of aromatic nitrogens is 1. The first kappa shape index (κ1) is 27.1. The normalized spacial score (nSPS) is 12.5. The maximum Gasteiger partial charge on any atom is 0.352 e. The van der Waals surface area contributed by atoms with Crippen LogP contribution in [0.5, 0.6) is 0 Å². The highest BCUT2D eigenvalue weighted by Crippen LogP contribution is 2.34. The smallest absolute Gasteiger partial charge is 0.352 e. The molecule has 0 amide bonds. The van der Waals surface area contributed by atoms with Gasteiger partial charge in [-0.1, -0.05) is 35.9 Å². The van der Waals surface area contributed by atoms with Gasteiger partial charge in [-0.25, -0.2) is 4.79 Å². The molecule has 3 aromatic heterocycles. The standard InChI is InChI=1S/C35H29N3O3S/c1-4-38-30(13-14-31(38)35(39)40)25(20-36)18-27-11-16-34(42-27)24-8-6-23(7-9-24)22(3)37-26-10-12-28-29-17-21(2)5-15-32(29)41-33(28)19-26/h5-19,22,37H,4H2,1-3H3,(H,39,40)/b25-18+. The summed E-state index contributed by atoms with van der Waals surface area (Å²) in [5, 5.41) is 25.1. The van der Waals surface area contributed by atoms with Gasteiger partial charge in [-0.3, -0.25) is 0 Å². The number of nitrogens with one attached hydrogen (secondary N) is 1. The highest BCUT2D eigenvalue weighted by atomic mass is 32.1. The number of fused-ring (bicyclic) bond motifs is 3. The molecule has 6 nitrogen and oxygen atoms in total. The van der Waals surface area contributed by atoms with Crippen molar-refractivity contribution in [3.8, 4) is 16.5 Å². The van der Waals surface area contributed by atoms with Crippen molar-refractivity contribution in [2.45, 2.75) is 33.4 Å². The van der Waals surface area contributed by atoms with E-state index in [0.29, 0.717) is 17.8 Å². The summed E-state index contributed by atoms with van der Waals surface area (Å²) in [5.41, 5.74) is 7.46. The second kappa shape index (κ2) is 11.1. The zero-order valence-electron chi connectivity index (χ0n) is 23.5. The van der Waals surface area contributed by atoms with Crippen molar-refractivity contribution in [2.75, 3.05) is 5.32 Å². The quantitative estimate of drug-likeness (QED) is 0.178. The number of benzene rings is 3. The Balaban J connectivity index is 1.18. The molecule has 42 heavy (non-hydrogen) atoms. The third kappa shape index (κ3) is 5.09. The van der Waals surface area contributed by atoms with E-state index in [-0.39, 0.29) is 11.7 Å². The molecule has 1 unspecified atom stereocenters. The molecule has 1 atom stereocenters. The van der Waals surface area contributed by atoms with Gasteiger partial charge in [0.1, 0.15) is 22.9 Å². The molecule has 208 valence electrons. The first-order valence-corrected chi connectivity index (χ1v) is 14.6. The highest BCUT2D eigenvalue weighted by molar-refractivity contribution is 7.16. The van der Waals surface area contributed by atoms with Gasteiger partial charge in [-0.05, 0) is 86.5 Å². The number of nitrogens with zero attached hydrogens (tertiary/aromatic N) is 2. The largest absolute Gasteiger partial charge is 0.477 e. The van der Waals surface area contributed by atoms with E-state index < -0.39 is 5.97 Å². The topological polar surface area (TPSA) is 91.2 Å². The van der Waals surface area contributed by atoms with Crippen LogP contribution >= 0.6 is 11.3 Å². The molecule has 6 rings (SSSR count).